The predicted octanol–water partition coefficient (Wildman–Crippen LogP) is 5.70. The van der Waals surface area contributed by atoms with Gasteiger partial charge in [-0.2, -0.15) is 0 Å². The summed E-state index contributed by atoms with van der Waals surface area (Å²) in [6.45, 7) is 11.7. The number of hydrogen-bond donors (Lipinski definition) is 1. The summed E-state index contributed by atoms with van der Waals surface area (Å²) in [5.74, 6) is 3.38. The normalized spacial score (nSPS) is 43.2. The van der Waals surface area contributed by atoms with Crippen molar-refractivity contribution in [1.82, 2.24) is 0 Å². The lowest BCUT2D eigenvalue weighted by molar-refractivity contribution is -0.118. The second-order valence-corrected chi connectivity index (χ2v) is 11.8. The summed E-state index contributed by atoms with van der Waals surface area (Å²) in [5.41, 5.74) is 1.48. The molecule has 7 atom stereocenters. The van der Waals surface area contributed by atoms with E-state index in [1.54, 1.807) is 0 Å². The van der Waals surface area contributed by atoms with E-state index in [2.05, 4.69) is 20.8 Å². The first-order valence-corrected chi connectivity index (χ1v) is 12.1. The van der Waals surface area contributed by atoms with Crippen LogP contribution >= 0.6 is 0 Å². The van der Waals surface area contributed by atoms with Crippen LogP contribution in [0.3, 0.4) is 0 Å². The summed E-state index contributed by atoms with van der Waals surface area (Å²) in [6, 6.07) is 0. The van der Waals surface area contributed by atoms with Crippen molar-refractivity contribution in [1.29, 1.82) is 0 Å². The van der Waals surface area contributed by atoms with E-state index in [1.807, 2.05) is 19.9 Å². The Hall–Kier alpha value is -0.670. The Kier molecular flexibility index (Phi) is 5.56. The molecule has 4 rings (SSSR count). The lowest BCUT2D eigenvalue weighted by Gasteiger charge is -2.58. The van der Waals surface area contributed by atoms with Gasteiger partial charge in [0, 0.05) is 13.0 Å². The maximum Gasteiger partial charge on any atom is 0.155 e. The number of ketones is 1. The van der Waals surface area contributed by atoms with Gasteiger partial charge in [-0.15, -0.1) is 0 Å². The predicted molar refractivity (Wildman–Crippen MR) is 117 cm³/mol. The van der Waals surface area contributed by atoms with Gasteiger partial charge in [-0.1, -0.05) is 19.4 Å². The summed E-state index contributed by atoms with van der Waals surface area (Å²) >= 11 is 0. The number of carbonyl (C=O) groups is 1. The van der Waals surface area contributed by atoms with Crippen molar-refractivity contribution < 1.29 is 14.6 Å². The van der Waals surface area contributed by atoms with Gasteiger partial charge in [0.1, 0.15) is 0 Å². The van der Waals surface area contributed by atoms with Gasteiger partial charge in [-0.25, -0.2) is 0 Å². The lowest BCUT2D eigenvalue weighted by Crippen LogP contribution is -2.51. The number of hydrogen-bond acceptors (Lipinski definition) is 3. The molecule has 164 valence electrons. The van der Waals surface area contributed by atoms with Crippen LogP contribution in [0, 0.1) is 34.5 Å². The molecule has 0 aliphatic heterocycles. The highest BCUT2D eigenvalue weighted by Crippen LogP contribution is 2.67. The van der Waals surface area contributed by atoms with Gasteiger partial charge in [0.25, 0.3) is 0 Å². The maximum absolute atomic E-state index is 12.0. The van der Waals surface area contributed by atoms with Crippen molar-refractivity contribution in [3.8, 4) is 0 Å². The van der Waals surface area contributed by atoms with E-state index in [0.717, 1.165) is 37.0 Å². The van der Waals surface area contributed by atoms with Gasteiger partial charge in [-0.3, -0.25) is 4.79 Å². The van der Waals surface area contributed by atoms with E-state index >= 15 is 0 Å². The standard InChI is InChI=1S/C26H42O3/c1-17(29-15-14-24(2,3)28)21-8-9-22-20-7-6-18-16-19(27)10-12-25(18,4)23(20)11-13-26(21,22)5/h16-17,20-23,28H,6-15H2,1-5H3/t17-,20-,21+,22-,23-,25-,26+/m0/s1. The van der Waals surface area contributed by atoms with Crippen molar-refractivity contribution in [3.05, 3.63) is 11.6 Å². The van der Waals surface area contributed by atoms with Crippen molar-refractivity contribution >= 4 is 5.78 Å². The number of fused-ring (bicyclic) bond motifs is 5. The SMILES string of the molecule is C[C@H](OCCC(C)(C)O)[C@H]1CC[C@H]2[C@@H]3CCC4=CC(=O)CC[C@]4(C)[C@H]3CC[C@]12C. The van der Waals surface area contributed by atoms with Crippen molar-refractivity contribution in [2.75, 3.05) is 6.61 Å². The van der Waals surface area contributed by atoms with Crippen LogP contribution in [0.15, 0.2) is 11.6 Å². The molecular formula is C26H42O3. The van der Waals surface area contributed by atoms with Crippen molar-refractivity contribution in [3.63, 3.8) is 0 Å². The molecule has 3 nitrogen and oxygen atoms in total. The zero-order valence-corrected chi connectivity index (χ0v) is 19.3. The fourth-order valence-electron chi connectivity index (χ4n) is 7.98. The van der Waals surface area contributed by atoms with Gasteiger partial charge >= 0.3 is 0 Å². The average molecular weight is 403 g/mol. The van der Waals surface area contributed by atoms with Crippen molar-refractivity contribution in [2.45, 2.75) is 104 Å². The van der Waals surface area contributed by atoms with Crippen LogP contribution in [0.25, 0.3) is 0 Å². The quantitative estimate of drug-likeness (QED) is 0.641. The van der Waals surface area contributed by atoms with Crippen LogP contribution < -0.4 is 0 Å². The van der Waals surface area contributed by atoms with Crippen LogP contribution in [0.5, 0.6) is 0 Å². The summed E-state index contributed by atoms with van der Waals surface area (Å²) < 4.78 is 6.26. The Morgan fingerprint density at radius 1 is 1.14 bits per heavy atom. The Morgan fingerprint density at radius 2 is 1.90 bits per heavy atom. The summed E-state index contributed by atoms with van der Waals surface area (Å²) in [4.78, 5) is 12.0. The second-order valence-electron chi connectivity index (χ2n) is 11.8. The largest absolute Gasteiger partial charge is 0.390 e. The Morgan fingerprint density at radius 3 is 2.62 bits per heavy atom. The maximum atomic E-state index is 12.0. The molecule has 3 heteroatoms. The second kappa shape index (κ2) is 7.48. The molecule has 0 heterocycles. The van der Waals surface area contributed by atoms with Gasteiger partial charge in [0.05, 0.1) is 11.7 Å². The van der Waals surface area contributed by atoms with E-state index in [0.29, 0.717) is 30.1 Å². The van der Waals surface area contributed by atoms with E-state index < -0.39 is 5.60 Å². The zero-order chi connectivity index (χ0) is 21.0. The molecule has 0 aromatic heterocycles. The highest BCUT2D eigenvalue weighted by atomic mass is 16.5. The Balaban J connectivity index is 1.47. The highest BCUT2D eigenvalue weighted by Gasteiger charge is 2.59. The Bertz CT molecular complexity index is 674. The fourth-order valence-corrected chi connectivity index (χ4v) is 7.98. The van der Waals surface area contributed by atoms with Gasteiger partial charge in [-0.05, 0) is 113 Å². The minimum Gasteiger partial charge on any atom is -0.390 e. The highest BCUT2D eigenvalue weighted by molar-refractivity contribution is 5.91. The minimum absolute atomic E-state index is 0.269. The summed E-state index contributed by atoms with van der Waals surface area (Å²) in [6.07, 6.45) is 12.5. The van der Waals surface area contributed by atoms with E-state index in [-0.39, 0.29) is 11.5 Å². The number of carbonyl (C=O) groups excluding carboxylic acids is 1. The molecule has 29 heavy (non-hydrogen) atoms. The van der Waals surface area contributed by atoms with E-state index in [1.165, 1.54) is 37.7 Å². The minimum atomic E-state index is -0.649. The van der Waals surface area contributed by atoms with E-state index in [4.69, 9.17) is 4.74 Å². The fraction of sp³-hybridized carbons (Fsp3) is 0.885. The van der Waals surface area contributed by atoms with Gasteiger partial charge in [0.2, 0.25) is 0 Å². The first kappa shape index (κ1) is 21.6. The number of allylic oxidation sites excluding steroid dienone is 1. The van der Waals surface area contributed by atoms with E-state index in [9.17, 15) is 9.90 Å². The van der Waals surface area contributed by atoms with Crippen LogP contribution in [0.2, 0.25) is 0 Å². The third-order valence-electron chi connectivity index (χ3n) is 9.70. The first-order chi connectivity index (χ1) is 13.5. The molecule has 0 radical (unpaired) electrons. The van der Waals surface area contributed by atoms with Crippen molar-refractivity contribution in [2.24, 2.45) is 34.5 Å². The smallest absolute Gasteiger partial charge is 0.155 e. The monoisotopic (exact) mass is 402 g/mol. The molecule has 0 bridgehead atoms. The average Bonchev–Trinajstić information content (AvgIpc) is 2.98. The molecule has 0 amide bonds. The van der Waals surface area contributed by atoms with Crippen LogP contribution in [-0.4, -0.2) is 29.2 Å². The van der Waals surface area contributed by atoms with Crippen LogP contribution in [-0.2, 0) is 9.53 Å². The van der Waals surface area contributed by atoms with Gasteiger partial charge < -0.3 is 9.84 Å². The third-order valence-corrected chi connectivity index (χ3v) is 9.70. The number of aliphatic hydroxyl groups is 1. The molecule has 3 fully saturated rings. The molecule has 0 aromatic carbocycles. The number of rotatable bonds is 5. The molecule has 3 saturated carbocycles. The molecule has 4 aliphatic carbocycles. The summed E-state index contributed by atoms with van der Waals surface area (Å²) in [5, 5.41) is 9.99. The molecule has 0 aromatic rings. The van der Waals surface area contributed by atoms with Gasteiger partial charge in [0.15, 0.2) is 5.78 Å². The number of ether oxygens (including phenoxy) is 1. The molecule has 0 saturated heterocycles. The lowest BCUT2D eigenvalue weighted by atomic mass is 9.46. The molecule has 1 N–H and O–H groups in total. The van der Waals surface area contributed by atoms with Crippen LogP contribution in [0.1, 0.15) is 92.4 Å². The molecular weight excluding hydrogens is 360 g/mol. The molecule has 4 aliphatic rings. The molecule has 0 unspecified atom stereocenters. The summed E-state index contributed by atoms with van der Waals surface area (Å²) in [7, 11) is 0. The zero-order valence-electron chi connectivity index (χ0n) is 19.3. The first-order valence-electron chi connectivity index (χ1n) is 12.1. The Labute approximate surface area is 177 Å². The molecule has 0 spiro atoms. The van der Waals surface area contributed by atoms with Crippen LogP contribution in [0.4, 0.5) is 0 Å². The third kappa shape index (κ3) is 3.76. The topological polar surface area (TPSA) is 46.5 Å².